The van der Waals surface area contributed by atoms with Crippen LogP contribution in [0.1, 0.15) is 54.2 Å². The Labute approximate surface area is 297 Å². The summed E-state index contributed by atoms with van der Waals surface area (Å²) in [6.07, 6.45) is 0. The standard InChI is InChI=1S/C48H35NS/c1-28-42-34-17-8-11-19-36(34)47(2,3)44(42)46-45-43(28)35-18-9-12-20-37(35)48(45,4)38-25-22-30(29-14-6-5-7-15-29)26-39(38)49(46)31-23-24-33-32-16-10-13-21-40(32)50-41(33)27-31/h5-27H,1-4H3. The lowest BCUT2D eigenvalue weighted by molar-refractivity contribution is 0.648. The predicted molar refractivity (Wildman–Crippen MR) is 213 cm³/mol. The summed E-state index contributed by atoms with van der Waals surface area (Å²) in [6, 6.07) is 52.5. The number of nitrogens with zero attached hydrogens (tertiary/aromatic N) is 1. The normalized spacial score (nSPS) is 17.4. The molecular formula is C48H35NS. The SMILES string of the molecule is Cc1c2c(c3c4c1-c1ccccc1C4(C)c1ccc(-c4ccccc4)cc1N3c1ccc3c(c1)sc1ccccc13)C(C)(C)c1ccccc1-2. The van der Waals surface area contributed by atoms with Crippen LogP contribution in [0.25, 0.3) is 53.6 Å². The Morgan fingerprint density at radius 3 is 2.00 bits per heavy atom. The molecule has 7 aromatic carbocycles. The van der Waals surface area contributed by atoms with Gasteiger partial charge in [-0.3, -0.25) is 0 Å². The van der Waals surface area contributed by atoms with E-state index in [0.29, 0.717) is 0 Å². The Hall–Kier alpha value is -5.44. The second-order valence-corrected chi connectivity index (χ2v) is 16.1. The highest BCUT2D eigenvalue weighted by molar-refractivity contribution is 7.25. The van der Waals surface area contributed by atoms with Gasteiger partial charge < -0.3 is 4.90 Å². The number of anilines is 3. The smallest absolute Gasteiger partial charge is 0.0559 e. The number of rotatable bonds is 2. The fraction of sp³-hybridized carbons (Fsp3) is 0.125. The zero-order valence-corrected chi connectivity index (χ0v) is 29.5. The number of hydrogen-bond acceptors (Lipinski definition) is 2. The van der Waals surface area contributed by atoms with Crippen molar-refractivity contribution >= 4 is 48.6 Å². The molecule has 1 nitrogen and oxygen atoms in total. The molecule has 2 heterocycles. The maximum absolute atomic E-state index is 2.66. The summed E-state index contributed by atoms with van der Waals surface area (Å²) in [5.41, 5.74) is 19.9. The monoisotopic (exact) mass is 657 g/mol. The van der Waals surface area contributed by atoms with Gasteiger partial charge in [-0.2, -0.15) is 0 Å². The van der Waals surface area contributed by atoms with Crippen LogP contribution in [0.4, 0.5) is 17.1 Å². The Morgan fingerprint density at radius 1 is 0.520 bits per heavy atom. The minimum absolute atomic E-state index is 0.189. The van der Waals surface area contributed by atoms with Gasteiger partial charge in [0, 0.05) is 36.7 Å². The van der Waals surface area contributed by atoms with Gasteiger partial charge >= 0.3 is 0 Å². The average Bonchev–Trinajstić information content (AvgIpc) is 3.74. The van der Waals surface area contributed by atoms with Crippen LogP contribution >= 0.6 is 11.3 Å². The van der Waals surface area contributed by atoms with Crippen molar-refractivity contribution in [2.75, 3.05) is 4.90 Å². The number of fused-ring (bicyclic) bond motifs is 12. The van der Waals surface area contributed by atoms with Crippen molar-refractivity contribution in [3.63, 3.8) is 0 Å². The molecule has 0 bridgehead atoms. The van der Waals surface area contributed by atoms with E-state index in [1.54, 1.807) is 0 Å². The lowest BCUT2D eigenvalue weighted by atomic mass is 9.67. The molecule has 0 saturated heterocycles. The van der Waals surface area contributed by atoms with Crippen molar-refractivity contribution in [1.29, 1.82) is 0 Å². The van der Waals surface area contributed by atoms with E-state index in [1.807, 2.05) is 11.3 Å². The van der Waals surface area contributed by atoms with Gasteiger partial charge in [0.05, 0.1) is 11.4 Å². The van der Waals surface area contributed by atoms with Gasteiger partial charge in [-0.15, -0.1) is 11.3 Å². The molecule has 1 aromatic heterocycles. The minimum atomic E-state index is -0.311. The first-order valence-corrected chi connectivity index (χ1v) is 18.5. The van der Waals surface area contributed by atoms with Gasteiger partial charge in [0.15, 0.2) is 0 Å². The second kappa shape index (κ2) is 9.62. The van der Waals surface area contributed by atoms with Crippen molar-refractivity contribution in [2.45, 2.75) is 38.5 Å². The lowest BCUT2D eigenvalue weighted by Crippen LogP contribution is -2.34. The molecule has 11 rings (SSSR count). The van der Waals surface area contributed by atoms with E-state index in [-0.39, 0.29) is 10.8 Å². The summed E-state index contributed by atoms with van der Waals surface area (Å²) in [7, 11) is 0. The molecule has 0 radical (unpaired) electrons. The summed E-state index contributed by atoms with van der Waals surface area (Å²) in [5.74, 6) is 0. The molecule has 50 heavy (non-hydrogen) atoms. The summed E-state index contributed by atoms with van der Waals surface area (Å²) in [5, 5.41) is 2.66. The third kappa shape index (κ3) is 3.38. The fourth-order valence-electron chi connectivity index (χ4n) is 9.98. The van der Waals surface area contributed by atoms with Gasteiger partial charge in [-0.25, -0.2) is 0 Å². The summed E-state index contributed by atoms with van der Waals surface area (Å²) < 4.78 is 2.66. The highest BCUT2D eigenvalue weighted by Gasteiger charge is 2.53. The van der Waals surface area contributed by atoms with Crippen LogP contribution < -0.4 is 4.90 Å². The molecule has 3 aliphatic rings. The molecule has 1 aliphatic heterocycles. The first-order valence-electron chi connectivity index (χ1n) is 17.7. The molecule has 2 heteroatoms. The predicted octanol–water partition coefficient (Wildman–Crippen LogP) is 13.5. The van der Waals surface area contributed by atoms with Gasteiger partial charge in [-0.05, 0) is 105 Å². The van der Waals surface area contributed by atoms with Crippen molar-refractivity contribution < 1.29 is 0 Å². The highest BCUT2D eigenvalue weighted by Crippen LogP contribution is 2.68. The van der Waals surface area contributed by atoms with E-state index in [4.69, 9.17) is 0 Å². The quantitative estimate of drug-likeness (QED) is 0.179. The molecule has 0 fully saturated rings. The molecule has 0 amide bonds. The third-order valence-electron chi connectivity index (χ3n) is 12.2. The van der Waals surface area contributed by atoms with Gasteiger partial charge in [0.1, 0.15) is 0 Å². The first-order chi connectivity index (χ1) is 24.4. The van der Waals surface area contributed by atoms with Gasteiger partial charge in [0.25, 0.3) is 0 Å². The third-order valence-corrected chi connectivity index (χ3v) is 13.3. The Bertz CT molecular complexity index is 2770. The molecule has 1 unspecified atom stereocenters. The number of thiophene rings is 1. The van der Waals surface area contributed by atoms with Crippen molar-refractivity contribution in [1.82, 2.24) is 0 Å². The van der Waals surface area contributed by atoms with Crippen molar-refractivity contribution in [3.8, 4) is 33.4 Å². The van der Waals surface area contributed by atoms with Crippen LogP contribution in [-0.2, 0) is 10.8 Å². The van der Waals surface area contributed by atoms with E-state index < -0.39 is 0 Å². The maximum Gasteiger partial charge on any atom is 0.0559 e. The molecule has 0 N–H and O–H groups in total. The summed E-state index contributed by atoms with van der Waals surface area (Å²) in [4.78, 5) is 2.66. The van der Waals surface area contributed by atoms with E-state index in [9.17, 15) is 0 Å². The Balaban J connectivity index is 1.32. The van der Waals surface area contributed by atoms with Gasteiger partial charge in [0.2, 0.25) is 0 Å². The molecule has 8 aromatic rings. The molecule has 0 saturated carbocycles. The van der Waals surface area contributed by atoms with Crippen LogP contribution in [0.5, 0.6) is 0 Å². The zero-order valence-electron chi connectivity index (χ0n) is 28.6. The van der Waals surface area contributed by atoms with E-state index in [1.165, 1.54) is 104 Å². The summed E-state index contributed by atoms with van der Waals surface area (Å²) in [6.45, 7) is 9.78. The Morgan fingerprint density at radius 2 is 1.18 bits per heavy atom. The first kappa shape index (κ1) is 28.4. The minimum Gasteiger partial charge on any atom is -0.309 e. The van der Waals surface area contributed by atoms with Crippen molar-refractivity contribution in [3.05, 3.63) is 173 Å². The van der Waals surface area contributed by atoms with Crippen LogP contribution in [0.15, 0.2) is 140 Å². The topological polar surface area (TPSA) is 3.24 Å². The number of benzene rings is 7. The molecular weight excluding hydrogens is 623 g/mol. The molecule has 0 spiro atoms. The zero-order chi connectivity index (χ0) is 33.5. The molecule has 1 atom stereocenters. The largest absolute Gasteiger partial charge is 0.309 e. The molecule has 238 valence electrons. The average molecular weight is 658 g/mol. The van der Waals surface area contributed by atoms with Crippen LogP contribution in [0.2, 0.25) is 0 Å². The van der Waals surface area contributed by atoms with E-state index in [2.05, 4.69) is 172 Å². The van der Waals surface area contributed by atoms with E-state index >= 15 is 0 Å². The van der Waals surface area contributed by atoms with Gasteiger partial charge in [-0.1, -0.05) is 129 Å². The highest BCUT2D eigenvalue weighted by atomic mass is 32.1. The maximum atomic E-state index is 2.66. The Kier molecular flexibility index (Phi) is 5.47. The van der Waals surface area contributed by atoms with Crippen LogP contribution in [0.3, 0.4) is 0 Å². The van der Waals surface area contributed by atoms with E-state index in [0.717, 1.165) is 0 Å². The summed E-state index contributed by atoms with van der Waals surface area (Å²) >= 11 is 1.90. The molecule has 2 aliphatic carbocycles. The van der Waals surface area contributed by atoms with Crippen LogP contribution in [0, 0.1) is 6.92 Å². The lowest BCUT2D eigenvalue weighted by Gasteiger charge is -2.45. The fourth-order valence-corrected chi connectivity index (χ4v) is 11.1. The van der Waals surface area contributed by atoms with Crippen LogP contribution in [-0.4, -0.2) is 0 Å². The second-order valence-electron chi connectivity index (χ2n) is 15.0. The number of hydrogen-bond donors (Lipinski definition) is 0. The van der Waals surface area contributed by atoms with Crippen molar-refractivity contribution in [2.24, 2.45) is 0 Å².